The van der Waals surface area contributed by atoms with Crippen LogP contribution in [0.2, 0.25) is 5.02 Å². The van der Waals surface area contributed by atoms with E-state index in [2.05, 4.69) is 5.32 Å². The van der Waals surface area contributed by atoms with Crippen LogP contribution in [-0.2, 0) is 9.84 Å². The number of ether oxygens (including phenoxy) is 2. The zero-order chi connectivity index (χ0) is 17.5. The van der Waals surface area contributed by atoms with Crippen LogP contribution in [-0.4, -0.2) is 21.5 Å². The summed E-state index contributed by atoms with van der Waals surface area (Å²) in [4.78, 5) is 0.0200. The average Bonchev–Trinajstić information content (AvgIpc) is 2.93. The van der Waals surface area contributed by atoms with E-state index in [0.29, 0.717) is 22.1 Å². The molecule has 5 nitrogen and oxygen atoms in total. The molecule has 1 aliphatic heterocycles. The SMILES string of the molecule is CC(Nc1cc(F)ccc1S(C)(=O)=O)c1cc(Cl)cc2c1OCO2. The predicted octanol–water partition coefficient (Wildman–Crippen LogP) is 3.78. The van der Waals surface area contributed by atoms with E-state index in [4.69, 9.17) is 21.1 Å². The van der Waals surface area contributed by atoms with Gasteiger partial charge in [0.15, 0.2) is 21.3 Å². The summed E-state index contributed by atoms with van der Waals surface area (Å²) in [5.74, 6) is 0.526. The number of sulfone groups is 1. The minimum Gasteiger partial charge on any atom is -0.454 e. The first-order valence-electron chi connectivity index (χ1n) is 7.11. The summed E-state index contributed by atoms with van der Waals surface area (Å²) < 4.78 is 48.1. The van der Waals surface area contributed by atoms with E-state index in [1.54, 1.807) is 19.1 Å². The number of nitrogens with one attached hydrogen (secondary N) is 1. The second-order valence-electron chi connectivity index (χ2n) is 5.51. The van der Waals surface area contributed by atoms with Gasteiger partial charge in [-0.15, -0.1) is 0 Å². The zero-order valence-corrected chi connectivity index (χ0v) is 14.5. The van der Waals surface area contributed by atoms with Gasteiger partial charge in [-0.25, -0.2) is 12.8 Å². The Bertz CT molecular complexity index is 901. The van der Waals surface area contributed by atoms with Crippen molar-refractivity contribution < 1.29 is 22.3 Å². The fourth-order valence-electron chi connectivity index (χ4n) is 2.57. The molecule has 3 rings (SSSR count). The van der Waals surface area contributed by atoms with E-state index in [9.17, 15) is 12.8 Å². The third-order valence-corrected chi connectivity index (χ3v) is 5.02. The molecule has 0 spiro atoms. The summed E-state index contributed by atoms with van der Waals surface area (Å²) in [5.41, 5.74) is 0.872. The number of anilines is 1. The van der Waals surface area contributed by atoms with Crippen molar-refractivity contribution in [2.45, 2.75) is 17.9 Å². The molecule has 1 N–H and O–H groups in total. The van der Waals surface area contributed by atoms with E-state index in [-0.39, 0.29) is 23.4 Å². The van der Waals surface area contributed by atoms with Gasteiger partial charge in [-0.1, -0.05) is 11.6 Å². The van der Waals surface area contributed by atoms with E-state index >= 15 is 0 Å². The van der Waals surface area contributed by atoms with Crippen molar-refractivity contribution in [3.05, 3.63) is 46.7 Å². The first-order valence-corrected chi connectivity index (χ1v) is 9.38. The third-order valence-electron chi connectivity index (χ3n) is 3.65. The molecule has 0 aromatic heterocycles. The molecule has 128 valence electrons. The van der Waals surface area contributed by atoms with Crippen molar-refractivity contribution >= 4 is 27.1 Å². The Morgan fingerprint density at radius 2 is 2.00 bits per heavy atom. The van der Waals surface area contributed by atoms with Gasteiger partial charge in [-0.05, 0) is 31.2 Å². The second-order valence-corrected chi connectivity index (χ2v) is 7.93. The number of hydrogen-bond donors (Lipinski definition) is 1. The molecule has 8 heteroatoms. The molecular weight excluding hydrogens is 357 g/mol. The number of halogens is 2. The highest BCUT2D eigenvalue weighted by molar-refractivity contribution is 7.90. The minimum atomic E-state index is -3.51. The summed E-state index contributed by atoms with van der Waals surface area (Å²) in [7, 11) is -3.51. The van der Waals surface area contributed by atoms with E-state index < -0.39 is 15.7 Å². The number of rotatable bonds is 4. The molecule has 0 amide bonds. The van der Waals surface area contributed by atoms with Crippen LogP contribution >= 0.6 is 11.6 Å². The molecule has 1 unspecified atom stereocenters. The lowest BCUT2D eigenvalue weighted by Crippen LogP contribution is -2.11. The highest BCUT2D eigenvalue weighted by Gasteiger charge is 2.24. The first-order chi connectivity index (χ1) is 11.3. The molecular formula is C16H15ClFNO4S. The van der Waals surface area contributed by atoms with Crippen molar-refractivity contribution in [2.75, 3.05) is 18.4 Å². The van der Waals surface area contributed by atoms with Gasteiger partial charge < -0.3 is 14.8 Å². The molecule has 24 heavy (non-hydrogen) atoms. The largest absolute Gasteiger partial charge is 0.454 e. The molecule has 0 fully saturated rings. The molecule has 0 saturated carbocycles. The molecule has 0 radical (unpaired) electrons. The standard InChI is InChI=1S/C16H15ClFNO4S/c1-9(12-5-10(17)6-14-16(12)23-8-22-14)19-13-7-11(18)3-4-15(13)24(2,20)21/h3-7,9,19H,8H2,1-2H3. The molecule has 1 heterocycles. The topological polar surface area (TPSA) is 64.6 Å². The van der Waals surface area contributed by atoms with Crippen LogP contribution in [0.1, 0.15) is 18.5 Å². The highest BCUT2D eigenvalue weighted by Crippen LogP contribution is 2.42. The van der Waals surface area contributed by atoms with Gasteiger partial charge in [0, 0.05) is 22.9 Å². The van der Waals surface area contributed by atoms with Crippen LogP contribution in [0.25, 0.3) is 0 Å². The normalized spacial score (nSPS) is 14.5. The highest BCUT2D eigenvalue weighted by atomic mass is 35.5. The molecule has 2 aromatic rings. The van der Waals surface area contributed by atoms with Crippen LogP contribution < -0.4 is 14.8 Å². The predicted molar refractivity (Wildman–Crippen MR) is 89.1 cm³/mol. The van der Waals surface area contributed by atoms with E-state index in [0.717, 1.165) is 18.4 Å². The fraction of sp³-hybridized carbons (Fsp3) is 0.250. The Morgan fingerprint density at radius 3 is 2.71 bits per heavy atom. The van der Waals surface area contributed by atoms with Crippen LogP contribution in [0.15, 0.2) is 35.2 Å². The Morgan fingerprint density at radius 1 is 1.25 bits per heavy atom. The van der Waals surface area contributed by atoms with Gasteiger partial charge >= 0.3 is 0 Å². The molecule has 0 aliphatic carbocycles. The number of fused-ring (bicyclic) bond motifs is 1. The van der Waals surface area contributed by atoms with Gasteiger partial charge in [-0.3, -0.25) is 0 Å². The van der Waals surface area contributed by atoms with Gasteiger partial charge in [0.05, 0.1) is 16.6 Å². The zero-order valence-electron chi connectivity index (χ0n) is 13.0. The summed E-state index contributed by atoms with van der Waals surface area (Å²) in [6.45, 7) is 1.88. The minimum absolute atomic E-state index is 0.0200. The first kappa shape index (κ1) is 16.9. The summed E-state index contributed by atoms with van der Waals surface area (Å²) in [5, 5.41) is 3.48. The fourth-order valence-corrected chi connectivity index (χ4v) is 3.62. The lowest BCUT2D eigenvalue weighted by molar-refractivity contribution is 0.173. The van der Waals surface area contributed by atoms with E-state index in [1.165, 1.54) is 6.07 Å². The Labute approximate surface area is 144 Å². The average molecular weight is 372 g/mol. The maximum absolute atomic E-state index is 13.6. The number of benzene rings is 2. The number of hydrogen-bond acceptors (Lipinski definition) is 5. The monoisotopic (exact) mass is 371 g/mol. The van der Waals surface area contributed by atoms with Crippen molar-refractivity contribution in [3.63, 3.8) is 0 Å². The summed E-state index contributed by atoms with van der Waals surface area (Å²) >= 11 is 6.09. The Balaban J connectivity index is 2.00. The second kappa shape index (κ2) is 6.14. The van der Waals surface area contributed by atoms with Crippen LogP contribution in [0, 0.1) is 5.82 Å². The Hall–Kier alpha value is -1.99. The van der Waals surface area contributed by atoms with E-state index in [1.807, 2.05) is 0 Å². The molecule has 1 aliphatic rings. The lowest BCUT2D eigenvalue weighted by atomic mass is 10.1. The van der Waals surface area contributed by atoms with Crippen molar-refractivity contribution in [3.8, 4) is 11.5 Å². The quantitative estimate of drug-likeness (QED) is 0.828. The van der Waals surface area contributed by atoms with Crippen LogP contribution in [0.5, 0.6) is 11.5 Å². The summed E-state index contributed by atoms with van der Waals surface area (Å²) in [6.07, 6.45) is 1.07. The van der Waals surface area contributed by atoms with Crippen molar-refractivity contribution in [1.29, 1.82) is 0 Å². The smallest absolute Gasteiger partial charge is 0.231 e. The van der Waals surface area contributed by atoms with Crippen molar-refractivity contribution in [2.24, 2.45) is 0 Å². The van der Waals surface area contributed by atoms with Gasteiger partial charge in [0.2, 0.25) is 6.79 Å². The van der Waals surface area contributed by atoms with Crippen molar-refractivity contribution in [1.82, 2.24) is 0 Å². The van der Waals surface area contributed by atoms with Gasteiger partial charge in [0.1, 0.15) is 5.82 Å². The molecule has 2 aromatic carbocycles. The lowest BCUT2D eigenvalue weighted by Gasteiger charge is -2.19. The van der Waals surface area contributed by atoms with Crippen LogP contribution in [0.3, 0.4) is 0 Å². The molecule has 1 atom stereocenters. The maximum atomic E-state index is 13.6. The Kier molecular flexibility index (Phi) is 4.31. The third kappa shape index (κ3) is 3.27. The van der Waals surface area contributed by atoms with Gasteiger partial charge in [-0.2, -0.15) is 0 Å². The maximum Gasteiger partial charge on any atom is 0.231 e. The molecule has 0 saturated heterocycles. The van der Waals surface area contributed by atoms with Gasteiger partial charge in [0.25, 0.3) is 0 Å². The molecule has 0 bridgehead atoms. The summed E-state index contributed by atoms with van der Waals surface area (Å²) in [6, 6.07) is 6.45. The van der Waals surface area contributed by atoms with Crippen LogP contribution in [0.4, 0.5) is 10.1 Å².